The number of hydrogen-bond donors (Lipinski definition) is 2. The predicted octanol–water partition coefficient (Wildman–Crippen LogP) is 1.92. The van der Waals surface area contributed by atoms with Crippen LogP contribution in [0.3, 0.4) is 0 Å². The van der Waals surface area contributed by atoms with Crippen molar-refractivity contribution >= 4 is 5.69 Å². The maximum absolute atomic E-state index is 9.72. The van der Waals surface area contributed by atoms with Crippen molar-refractivity contribution < 1.29 is 9.84 Å². The fourth-order valence-corrected chi connectivity index (χ4v) is 2.84. The van der Waals surface area contributed by atoms with Crippen molar-refractivity contribution in [3.63, 3.8) is 0 Å². The lowest BCUT2D eigenvalue weighted by atomic mass is 10.0. The number of ether oxygens (including phenoxy) is 1. The highest BCUT2D eigenvalue weighted by Gasteiger charge is 2.28. The van der Waals surface area contributed by atoms with Gasteiger partial charge in [-0.15, -0.1) is 0 Å². The average Bonchev–Trinajstić information content (AvgIpc) is 2.87. The van der Waals surface area contributed by atoms with Crippen molar-refractivity contribution in [3.8, 4) is 5.75 Å². The Balaban J connectivity index is 2.30. The third-order valence-corrected chi connectivity index (χ3v) is 3.97. The number of aliphatic hydroxyl groups excluding tert-OH is 1. The molecule has 19 heavy (non-hydrogen) atoms. The number of anilines is 1. The van der Waals surface area contributed by atoms with Crippen LogP contribution in [0.2, 0.25) is 0 Å². The maximum Gasteiger partial charge on any atom is 0.125 e. The quantitative estimate of drug-likeness (QED) is 0.872. The average molecular weight is 264 g/mol. The first-order valence-corrected chi connectivity index (χ1v) is 6.90. The molecule has 3 atom stereocenters. The molecule has 106 valence electrons. The zero-order chi connectivity index (χ0) is 14.0. The second-order valence-electron chi connectivity index (χ2n) is 5.42. The molecule has 0 amide bonds. The molecular weight excluding hydrogens is 240 g/mol. The lowest BCUT2D eigenvalue weighted by Gasteiger charge is -2.25. The van der Waals surface area contributed by atoms with Crippen LogP contribution in [-0.2, 0) is 0 Å². The minimum atomic E-state index is -0.255. The fourth-order valence-electron chi connectivity index (χ4n) is 2.84. The van der Waals surface area contributed by atoms with Gasteiger partial charge in [0.05, 0.1) is 13.2 Å². The van der Waals surface area contributed by atoms with E-state index in [-0.39, 0.29) is 12.1 Å². The zero-order valence-electron chi connectivity index (χ0n) is 12.0. The van der Waals surface area contributed by atoms with E-state index in [0.717, 1.165) is 36.5 Å². The molecule has 0 aromatic heterocycles. The molecule has 1 heterocycles. The number of aliphatic hydroxyl groups is 1. The predicted molar refractivity (Wildman–Crippen MR) is 77.6 cm³/mol. The van der Waals surface area contributed by atoms with Gasteiger partial charge in [0.1, 0.15) is 5.75 Å². The molecule has 0 bridgehead atoms. The summed E-state index contributed by atoms with van der Waals surface area (Å²) in [5, 5.41) is 9.72. The molecule has 0 radical (unpaired) electrons. The second-order valence-corrected chi connectivity index (χ2v) is 5.42. The molecule has 1 aliphatic rings. The highest BCUT2D eigenvalue weighted by Crippen LogP contribution is 2.36. The molecule has 1 aromatic rings. The van der Waals surface area contributed by atoms with Crippen molar-refractivity contribution in [3.05, 3.63) is 23.8 Å². The molecule has 1 saturated heterocycles. The number of nitrogens with zero attached hydrogens (tertiary/aromatic N) is 1. The van der Waals surface area contributed by atoms with Crippen molar-refractivity contribution in [2.45, 2.75) is 32.4 Å². The Kier molecular flexibility index (Phi) is 4.32. The van der Waals surface area contributed by atoms with Crippen molar-refractivity contribution in [2.75, 3.05) is 25.1 Å². The van der Waals surface area contributed by atoms with E-state index in [0.29, 0.717) is 5.92 Å². The summed E-state index contributed by atoms with van der Waals surface area (Å²) < 4.78 is 5.43. The number of nitrogens with two attached hydrogens (primary N) is 1. The summed E-state index contributed by atoms with van der Waals surface area (Å²) in [7, 11) is 1.67. The van der Waals surface area contributed by atoms with Crippen LogP contribution in [0, 0.1) is 5.92 Å². The van der Waals surface area contributed by atoms with E-state index < -0.39 is 0 Å². The standard InChI is InChI=1S/C15H24N2O2/c1-10(16)15-13(5-4-6-14(15)19-3)17-8-7-12(9-17)11(2)18/h4-6,10-12,18H,7-9,16H2,1-3H3/t10-,11?,12?/m1/s1. The van der Waals surface area contributed by atoms with E-state index in [4.69, 9.17) is 10.5 Å². The third-order valence-electron chi connectivity index (χ3n) is 3.97. The van der Waals surface area contributed by atoms with Crippen molar-refractivity contribution in [2.24, 2.45) is 11.7 Å². The first kappa shape index (κ1) is 14.2. The van der Waals surface area contributed by atoms with Gasteiger partial charge in [0.2, 0.25) is 0 Å². The van der Waals surface area contributed by atoms with Crippen LogP contribution in [0.25, 0.3) is 0 Å². The van der Waals surface area contributed by atoms with Gasteiger partial charge >= 0.3 is 0 Å². The first-order chi connectivity index (χ1) is 9.04. The topological polar surface area (TPSA) is 58.7 Å². The van der Waals surface area contributed by atoms with Crippen LogP contribution in [0.5, 0.6) is 5.75 Å². The molecule has 0 saturated carbocycles. The molecule has 4 nitrogen and oxygen atoms in total. The highest BCUT2D eigenvalue weighted by atomic mass is 16.5. The van der Waals surface area contributed by atoms with E-state index in [2.05, 4.69) is 11.0 Å². The molecule has 2 rings (SSSR count). The SMILES string of the molecule is COc1cccc(N2CCC(C(C)O)C2)c1[C@@H](C)N. The van der Waals surface area contributed by atoms with Gasteiger partial charge in [0, 0.05) is 36.3 Å². The van der Waals surface area contributed by atoms with E-state index in [1.54, 1.807) is 7.11 Å². The molecule has 0 spiro atoms. The summed E-state index contributed by atoms with van der Waals surface area (Å²) in [5.74, 6) is 1.18. The van der Waals surface area contributed by atoms with Gasteiger partial charge in [0.15, 0.2) is 0 Å². The van der Waals surface area contributed by atoms with E-state index >= 15 is 0 Å². The van der Waals surface area contributed by atoms with Crippen LogP contribution in [0.15, 0.2) is 18.2 Å². The summed E-state index contributed by atoms with van der Waals surface area (Å²) in [6, 6.07) is 5.96. The number of benzene rings is 1. The van der Waals surface area contributed by atoms with E-state index in [1.165, 1.54) is 0 Å². The summed E-state index contributed by atoms with van der Waals surface area (Å²) in [6.45, 7) is 5.68. The Morgan fingerprint density at radius 1 is 1.42 bits per heavy atom. The van der Waals surface area contributed by atoms with Crippen LogP contribution in [0.4, 0.5) is 5.69 Å². The lowest BCUT2D eigenvalue weighted by molar-refractivity contribution is 0.136. The first-order valence-electron chi connectivity index (χ1n) is 6.90. The molecular formula is C15H24N2O2. The molecule has 1 aliphatic heterocycles. The highest BCUT2D eigenvalue weighted by molar-refractivity contribution is 5.61. The van der Waals surface area contributed by atoms with Crippen molar-refractivity contribution in [1.82, 2.24) is 0 Å². The summed E-state index contributed by atoms with van der Waals surface area (Å²) in [4.78, 5) is 2.30. The molecule has 1 fully saturated rings. The Morgan fingerprint density at radius 3 is 2.68 bits per heavy atom. The van der Waals surface area contributed by atoms with E-state index in [1.807, 2.05) is 26.0 Å². The molecule has 4 heteroatoms. The minimum Gasteiger partial charge on any atom is -0.496 e. The Labute approximate surface area is 115 Å². The normalized spacial score (nSPS) is 22.4. The largest absolute Gasteiger partial charge is 0.496 e. The molecule has 3 N–H and O–H groups in total. The number of hydrogen-bond acceptors (Lipinski definition) is 4. The monoisotopic (exact) mass is 264 g/mol. The number of rotatable bonds is 4. The summed E-state index contributed by atoms with van der Waals surface area (Å²) in [5.41, 5.74) is 8.29. The Hall–Kier alpha value is -1.26. The van der Waals surface area contributed by atoms with Gasteiger partial charge in [-0.2, -0.15) is 0 Å². The molecule has 1 aromatic carbocycles. The molecule has 2 unspecified atom stereocenters. The summed E-state index contributed by atoms with van der Waals surface area (Å²) in [6.07, 6.45) is 0.766. The second kappa shape index (κ2) is 5.80. The third kappa shape index (κ3) is 2.85. The van der Waals surface area contributed by atoms with Gasteiger partial charge in [-0.3, -0.25) is 0 Å². The van der Waals surface area contributed by atoms with Gasteiger partial charge in [-0.1, -0.05) is 6.07 Å². The summed E-state index contributed by atoms with van der Waals surface area (Å²) >= 11 is 0. The van der Waals surface area contributed by atoms with Crippen LogP contribution in [0.1, 0.15) is 31.9 Å². The van der Waals surface area contributed by atoms with Crippen LogP contribution >= 0.6 is 0 Å². The van der Waals surface area contributed by atoms with Gasteiger partial charge < -0.3 is 20.5 Å². The minimum absolute atomic E-state index is 0.0725. The van der Waals surface area contributed by atoms with Gasteiger partial charge in [0.25, 0.3) is 0 Å². The van der Waals surface area contributed by atoms with Crippen molar-refractivity contribution in [1.29, 1.82) is 0 Å². The number of methoxy groups -OCH3 is 1. The maximum atomic E-state index is 9.72. The van der Waals surface area contributed by atoms with Gasteiger partial charge in [-0.25, -0.2) is 0 Å². The lowest BCUT2D eigenvalue weighted by Crippen LogP contribution is -2.25. The molecule has 0 aliphatic carbocycles. The smallest absolute Gasteiger partial charge is 0.125 e. The van der Waals surface area contributed by atoms with Crippen LogP contribution in [-0.4, -0.2) is 31.4 Å². The Bertz CT molecular complexity index is 432. The van der Waals surface area contributed by atoms with Gasteiger partial charge in [-0.05, 0) is 32.4 Å². The fraction of sp³-hybridized carbons (Fsp3) is 0.600. The zero-order valence-corrected chi connectivity index (χ0v) is 12.0. The van der Waals surface area contributed by atoms with Crippen LogP contribution < -0.4 is 15.4 Å². The van der Waals surface area contributed by atoms with E-state index in [9.17, 15) is 5.11 Å². The Morgan fingerprint density at radius 2 is 2.16 bits per heavy atom.